The second-order valence-corrected chi connectivity index (χ2v) is 4.07. The summed E-state index contributed by atoms with van der Waals surface area (Å²) in [5.41, 5.74) is 1.14. The fourth-order valence-electron chi connectivity index (χ4n) is 1.75. The summed E-state index contributed by atoms with van der Waals surface area (Å²) in [6, 6.07) is 5.19. The minimum Gasteiger partial charge on any atom is -0.463 e. The average molecular weight is 252 g/mol. The van der Waals surface area contributed by atoms with Crippen LogP contribution in [0.25, 0.3) is 10.9 Å². The molecule has 4 nitrogen and oxygen atoms in total. The Balaban J connectivity index is 2.66. The summed E-state index contributed by atoms with van der Waals surface area (Å²) in [7, 11) is 2.97. The minimum absolute atomic E-state index is 0.303. The second kappa shape index (κ2) is 4.22. The van der Waals surface area contributed by atoms with Crippen molar-refractivity contribution < 1.29 is 14.3 Å². The number of fused-ring (bicyclic) bond motifs is 1. The van der Waals surface area contributed by atoms with Gasteiger partial charge in [-0.25, -0.2) is 4.79 Å². The van der Waals surface area contributed by atoms with E-state index in [9.17, 15) is 9.59 Å². The highest BCUT2D eigenvalue weighted by molar-refractivity contribution is 6.43. The number of ether oxygens (including phenoxy) is 1. The Kier molecular flexibility index (Phi) is 2.90. The maximum Gasteiger partial charge on any atom is 0.379 e. The molecule has 5 heteroatoms. The van der Waals surface area contributed by atoms with Gasteiger partial charge in [0.05, 0.1) is 12.7 Å². The highest BCUT2D eigenvalue weighted by atomic mass is 35.5. The van der Waals surface area contributed by atoms with E-state index in [4.69, 9.17) is 11.6 Å². The summed E-state index contributed by atoms with van der Waals surface area (Å²) in [6.07, 6.45) is 1.60. The zero-order chi connectivity index (χ0) is 12.6. The van der Waals surface area contributed by atoms with Gasteiger partial charge < -0.3 is 9.30 Å². The standard InChI is InChI=1S/C12H10ClNO3/c1-14-6-9(11(15)12(16)17-2)8-5-7(13)3-4-10(8)14/h3-6H,1-2H3. The molecule has 0 spiro atoms. The highest BCUT2D eigenvalue weighted by Crippen LogP contribution is 2.24. The topological polar surface area (TPSA) is 48.3 Å². The highest BCUT2D eigenvalue weighted by Gasteiger charge is 2.21. The zero-order valence-electron chi connectivity index (χ0n) is 9.36. The van der Waals surface area contributed by atoms with Gasteiger partial charge in [-0.2, -0.15) is 0 Å². The first kappa shape index (κ1) is 11.7. The number of aromatic nitrogens is 1. The van der Waals surface area contributed by atoms with Crippen molar-refractivity contribution in [3.63, 3.8) is 0 Å². The lowest BCUT2D eigenvalue weighted by molar-refractivity contribution is -0.135. The number of halogens is 1. The Hall–Kier alpha value is -1.81. The number of esters is 1. The first-order valence-corrected chi connectivity index (χ1v) is 5.29. The third-order valence-corrected chi connectivity index (χ3v) is 2.80. The van der Waals surface area contributed by atoms with Gasteiger partial charge in [-0.3, -0.25) is 4.79 Å². The number of carbonyl (C=O) groups excluding carboxylic acids is 2. The predicted molar refractivity (Wildman–Crippen MR) is 64.3 cm³/mol. The molecule has 1 aromatic heterocycles. The van der Waals surface area contributed by atoms with Gasteiger partial charge in [-0.1, -0.05) is 11.6 Å². The molecular weight excluding hydrogens is 242 g/mol. The Morgan fingerprint density at radius 3 is 2.71 bits per heavy atom. The number of ketones is 1. The Morgan fingerprint density at radius 2 is 2.06 bits per heavy atom. The van der Waals surface area contributed by atoms with Gasteiger partial charge in [0, 0.05) is 29.2 Å². The molecule has 2 rings (SSSR count). The maximum atomic E-state index is 11.8. The molecule has 1 aromatic carbocycles. The number of Topliss-reactive ketones (excluding diaryl/α,β-unsaturated/α-hetero) is 1. The molecule has 0 fully saturated rings. The summed E-state index contributed by atoms with van der Waals surface area (Å²) in [5.74, 6) is -1.54. The lowest BCUT2D eigenvalue weighted by Gasteiger charge is -1.97. The molecule has 0 unspecified atom stereocenters. The van der Waals surface area contributed by atoms with E-state index < -0.39 is 11.8 Å². The van der Waals surface area contributed by atoms with Crippen molar-refractivity contribution in [1.82, 2.24) is 4.57 Å². The van der Waals surface area contributed by atoms with E-state index in [-0.39, 0.29) is 0 Å². The van der Waals surface area contributed by atoms with Crippen molar-refractivity contribution in [2.24, 2.45) is 7.05 Å². The van der Waals surface area contributed by atoms with Gasteiger partial charge in [0.15, 0.2) is 0 Å². The van der Waals surface area contributed by atoms with Crippen molar-refractivity contribution >= 4 is 34.3 Å². The Morgan fingerprint density at radius 1 is 1.35 bits per heavy atom. The molecule has 0 N–H and O–H groups in total. The number of rotatable bonds is 2. The van der Waals surface area contributed by atoms with Crippen LogP contribution in [0, 0.1) is 0 Å². The van der Waals surface area contributed by atoms with Crippen LogP contribution in [0.5, 0.6) is 0 Å². The van der Waals surface area contributed by atoms with Crippen LogP contribution in [0.1, 0.15) is 10.4 Å². The van der Waals surface area contributed by atoms with E-state index >= 15 is 0 Å². The fourth-order valence-corrected chi connectivity index (χ4v) is 1.92. The van der Waals surface area contributed by atoms with E-state index in [2.05, 4.69) is 4.74 Å². The first-order valence-electron chi connectivity index (χ1n) is 4.92. The molecule has 17 heavy (non-hydrogen) atoms. The van der Waals surface area contributed by atoms with Gasteiger partial charge in [0.25, 0.3) is 5.78 Å². The molecule has 0 atom stereocenters. The smallest absolute Gasteiger partial charge is 0.379 e. The van der Waals surface area contributed by atoms with Crippen LogP contribution in [0.3, 0.4) is 0 Å². The SMILES string of the molecule is COC(=O)C(=O)c1cn(C)c2ccc(Cl)cc12. The average Bonchev–Trinajstić information content (AvgIpc) is 2.64. The normalized spacial score (nSPS) is 10.5. The van der Waals surface area contributed by atoms with E-state index in [1.54, 1.807) is 36.0 Å². The quantitative estimate of drug-likeness (QED) is 0.467. The molecular formula is C12H10ClNO3. The van der Waals surface area contributed by atoms with E-state index in [0.717, 1.165) is 5.52 Å². The van der Waals surface area contributed by atoms with Gasteiger partial charge in [-0.15, -0.1) is 0 Å². The van der Waals surface area contributed by atoms with Gasteiger partial charge in [0.1, 0.15) is 0 Å². The van der Waals surface area contributed by atoms with Crippen molar-refractivity contribution in [3.05, 3.63) is 35.0 Å². The summed E-state index contributed by atoms with van der Waals surface area (Å²) in [5, 5.41) is 1.16. The summed E-state index contributed by atoms with van der Waals surface area (Å²) in [6.45, 7) is 0. The van der Waals surface area contributed by atoms with E-state index in [1.165, 1.54) is 7.11 Å². The number of hydrogen-bond donors (Lipinski definition) is 0. The monoisotopic (exact) mass is 251 g/mol. The molecule has 1 heterocycles. The Labute approximate surface area is 103 Å². The molecule has 0 aliphatic heterocycles. The predicted octanol–water partition coefficient (Wildman–Crippen LogP) is 2.19. The van der Waals surface area contributed by atoms with Crippen LogP contribution in [0.15, 0.2) is 24.4 Å². The third-order valence-electron chi connectivity index (χ3n) is 2.57. The van der Waals surface area contributed by atoms with Crippen LogP contribution in [-0.4, -0.2) is 23.4 Å². The van der Waals surface area contributed by atoms with E-state index in [0.29, 0.717) is 16.0 Å². The largest absolute Gasteiger partial charge is 0.463 e. The molecule has 0 aliphatic carbocycles. The molecule has 0 saturated carbocycles. The Bertz CT molecular complexity index is 615. The second-order valence-electron chi connectivity index (χ2n) is 3.64. The molecule has 0 radical (unpaired) electrons. The molecule has 2 aromatic rings. The first-order chi connectivity index (χ1) is 8.04. The molecule has 0 aliphatic rings. The molecule has 88 valence electrons. The summed E-state index contributed by atoms with van der Waals surface area (Å²) in [4.78, 5) is 23.0. The van der Waals surface area contributed by atoms with Crippen molar-refractivity contribution in [1.29, 1.82) is 0 Å². The summed E-state index contributed by atoms with van der Waals surface area (Å²) < 4.78 is 6.19. The number of methoxy groups -OCH3 is 1. The van der Waals surface area contributed by atoms with Crippen LogP contribution in [0.2, 0.25) is 5.02 Å². The lowest BCUT2D eigenvalue weighted by atomic mass is 10.1. The number of benzene rings is 1. The van der Waals surface area contributed by atoms with Gasteiger partial charge in [0.2, 0.25) is 0 Å². The van der Waals surface area contributed by atoms with Crippen LogP contribution in [0.4, 0.5) is 0 Å². The number of carbonyl (C=O) groups is 2. The van der Waals surface area contributed by atoms with Crippen LogP contribution >= 0.6 is 11.6 Å². The zero-order valence-corrected chi connectivity index (χ0v) is 10.1. The number of hydrogen-bond acceptors (Lipinski definition) is 3. The van der Waals surface area contributed by atoms with Crippen molar-refractivity contribution in [2.75, 3.05) is 7.11 Å². The fraction of sp³-hybridized carbons (Fsp3) is 0.167. The third kappa shape index (κ3) is 1.91. The van der Waals surface area contributed by atoms with Gasteiger partial charge in [-0.05, 0) is 18.2 Å². The molecule has 0 bridgehead atoms. The lowest BCUT2D eigenvalue weighted by Crippen LogP contribution is -2.15. The van der Waals surface area contributed by atoms with Crippen LogP contribution in [-0.2, 0) is 16.6 Å². The summed E-state index contributed by atoms with van der Waals surface area (Å²) >= 11 is 5.88. The van der Waals surface area contributed by atoms with Crippen LogP contribution < -0.4 is 0 Å². The van der Waals surface area contributed by atoms with Gasteiger partial charge >= 0.3 is 5.97 Å². The minimum atomic E-state index is -0.877. The number of aryl methyl sites for hydroxylation is 1. The molecule has 0 amide bonds. The van der Waals surface area contributed by atoms with Crippen molar-refractivity contribution in [3.8, 4) is 0 Å². The van der Waals surface area contributed by atoms with E-state index in [1.807, 2.05) is 0 Å². The number of nitrogens with zero attached hydrogens (tertiary/aromatic N) is 1. The molecule has 0 saturated heterocycles. The van der Waals surface area contributed by atoms with Crippen molar-refractivity contribution in [2.45, 2.75) is 0 Å². The maximum absolute atomic E-state index is 11.8.